The number of aromatic nitrogens is 1. The molecule has 1 aromatic heterocycles. The van der Waals surface area contributed by atoms with Crippen LogP contribution >= 0.6 is 11.6 Å². The Morgan fingerprint density at radius 3 is 2.32 bits per heavy atom. The van der Waals surface area contributed by atoms with Gasteiger partial charge in [0, 0.05) is 16.1 Å². The summed E-state index contributed by atoms with van der Waals surface area (Å²) < 4.78 is 5.52. The van der Waals surface area contributed by atoms with Crippen LogP contribution in [0.25, 0.3) is 11.3 Å². The fourth-order valence-corrected chi connectivity index (χ4v) is 3.28. The van der Waals surface area contributed by atoms with Gasteiger partial charge in [0.25, 0.3) is 0 Å². The van der Waals surface area contributed by atoms with Gasteiger partial charge in [-0.2, -0.15) is 10.4 Å². The van der Waals surface area contributed by atoms with Gasteiger partial charge in [-0.3, -0.25) is 0 Å². The van der Waals surface area contributed by atoms with Crippen LogP contribution in [0.5, 0.6) is 11.6 Å². The molecule has 4 rings (SSSR count). The molecule has 0 amide bonds. The lowest BCUT2D eigenvalue weighted by Gasteiger charge is -2.13. The molecule has 34 heavy (non-hydrogen) atoms. The molecule has 0 aliphatic heterocycles. The largest absolute Gasteiger partial charge is 0.508 e. The summed E-state index contributed by atoms with van der Waals surface area (Å²) in [5.74, 6) is -0.680. The van der Waals surface area contributed by atoms with Gasteiger partial charge >= 0.3 is 5.97 Å². The van der Waals surface area contributed by atoms with Crippen molar-refractivity contribution in [1.82, 2.24) is 4.98 Å². The van der Waals surface area contributed by atoms with Crippen molar-refractivity contribution in [2.75, 3.05) is 0 Å². The van der Waals surface area contributed by atoms with Crippen molar-refractivity contribution in [3.05, 3.63) is 101 Å². The molecule has 0 fully saturated rings. The number of nitrogens with zero attached hydrogens (tertiary/aromatic N) is 4. The zero-order valence-electron chi connectivity index (χ0n) is 17.9. The van der Waals surface area contributed by atoms with Crippen LogP contribution in [-0.2, 0) is 0 Å². The summed E-state index contributed by atoms with van der Waals surface area (Å²) in [5, 5.41) is 28.4. The molecule has 0 saturated heterocycles. The predicted octanol–water partition coefficient (Wildman–Crippen LogP) is 6.92. The topological polar surface area (TPSA) is 108 Å². The fourth-order valence-electron chi connectivity index (χ4n) is 3.15. The number of hydrogen-bond acceptors (Lipinski definition) is 7. The lowest BCUT2D eigenvalue weighted by Crippen LogP contribution is -2.11. The Hall–Kier alpha value is -4.54. The molecule has 0 radical (unpaired) electrons. The lowest BCUT2D eigenvalue weighted by molar-refractivity contribution is 0.0727. The van der Waals surface area contributed by atoms with Crippen LogP contribution in [0, 0.1) is 18.3 Å². The summed E-state index contributed by atoms with van der Waals surface area (Å²) in [7, 11) is 0. The summed E-state index contributed by atoms with van der Waals surface area (Å²) >= 11 is 5.89. The van der Waals surface area contributed by atoms with Gasteiger partial charge in [-0.15, -0.1) is 5.11 Å². The number of carbonyl (C=O) groups excluding carboxylic acids is 1. The van der Waals surface area contributed by atoms with Crippen LogP contribution in [0.2, 0.25) is 5.02 Å². The summed E-state index contributed by atoms with van der Waals surface area (Å²) in [4.78, 5) is 17.2. The third-order valence-electron chi connectivity index (χ3n) is 4.93. The second kappa shape index (κ2) is 9.94. The molecule has 0 atom stereocenters. The SMILES string of the molecule is Cc1c(C#N)c(OC(=O)c2ccc(Cl)cc2)nc(-c2ccccc2)c1N=Nc1ccc(O)cc1. The normalized spacial score (nSPS) is 10.7. The first-order chi connectivity index (χ1) is 16.5. The molecule has 0 spiro atoms. The molecule has 0 aliphatic carbocycles. The maximum absolute atomic E-state index is 12.7. The van der Waals surface area contributed by atoms with Gasteiger partial charge in [-0.25, -0.2) is 9.78 Å². The Labute approximate surface area is 200 Å². The Morgan fingerprint density at radius 1 is 1.00 bits per heavy atom. The van der Waals surface area contributed by atoms with Gasteiger partial charge in [0.2, 0.25) is 5.88 Å². The summed E-state index contributed by atoms with van der Waals surface area (Å²) in [6.45, 7) is 1.69. The van der Waals surface area contributed by atoms with E-state index < -0.39 is 5.97 Å². The van der Waals surface area contributed by atoms with E-state index in [2.05, 4.69) is 21.3 Å². The average Bonchev–Trinajstić information content (AvgIpc) is 2.85. The van der Waals surface area contributed by atoms with Gasteiger partial charge in [0.15, 0.2) is 0 Å². The number of azo groups is 1. The smallest absolute Gasteiger partial charge is 0.344 e. The van der Waals surface area contributed by atoms with Gasteiger partial charge < -0.3 is 9.84 Å². The number of aromatic hydroxyl groups is 1. The van der Waals surface area contributed by atoms with Crippen LogP contribution in [0.4, 0.5) is 11.4 Å². The number of nitriles is 1. The average molecular weight is 469 g/mol. The van der Waals surface area contributed by atoms with Crippen LogP contribution in [0.3, 0.4) is 0 Å². The first kappa shape index (κ1) is 22.6. The van der Waals surface area contributed by atoms with E-state index in [-0.39, 0.29) is 22.8 Å². The Balaban J connectivity index is 1.81. The predicted molar refractivity (Wildman–Crippen MR) is 128 cm³/mol. The molecule has 1 N–H and O–H groups in total. The second-order valence-electron chi connectivity index (χ2n) is 7.20. The number of rotatable bonds is 5. The number of hydrogen-bond donors (Lipinski definition) is 1. The van der Waals surface area contributed by atoms with E-state index in [9.17, 15) is 15.2 Å². The van der Waals surface area contributed by atoms with E-state index in [1.54, 1.807) is 31.2 Å². The molecule has 0 aliphatic rings. The van der Waals surface area contributed by atoms with Crippen molar-refractivity contribution in [3.8, 4) is 29.0 Å². The molecule has 0 saturated carbocycles. The van der Waals surface area contributed by atoms with Crippen molar-refractivity contribution in [2.45, 2.75) is 6.92 Å². The minimum Gasteiger partial charge on any atom is -0.508 e. The molecule has 8 heteroatoms. The first-order valence-corrected chi connectivity index (χ1v) is 10.5. The van der Waals surface area contributed by atoms with E-state index in [4.69, 9.17) is 16.3 Å². The number of carbonyl (C=O) groups is 1. The van der Waals surface area contributed by atoms with E-state index >= 15 is 0 Å². The van der Waals surface area contributed by atoms with Gasteiger partial charge in [-0.05, 0) is 55.5 Å². The highest BCUT2D eigenvalue weighted by Gasteiger charge is 2.22. The Kier molecular flexibility index (Phi) is 6.62. The van der Waals surface area contributed by atoms with Crippen LogP contribution in [0.15, 0.2) is 89.1 Å². The lowest BCUT2D eigenvalue weighted by atomic mass is 10.0. The van der Waals surface area contributed by atoms with Crippen LogP contribution in [-0.4, -0.2) is 16.1 Å². The fraction of sp³-hybridized carbons (Fsp3) is 0.0385. The number of pyridine rings is 1. The highest BCUT2D eigenvalue weighted by atomic mass is 35.5. The molecule has 3 aromatic carbocycles. The molecule has 4 aromatic rings. The quantitative estimate of drug-likeness (QED) is 0.252. The van der Waals surface area contributed by atoms with Crippen molar-refractivity contribution < 1.29 is 14.6 Å². The number of esters is 1. The molecule has 0 bridgehead atoms. The van der Waals surface area contributed by atoms with Crippen LogP contribution < -0.4 is 4.74 Å². The minimum atomic E-state index is -0.669. The highest BCUT2D eigenvalue weighted by molar-refractivity contribution is 6.30. The van der Waals surface area contributed by atoms with Crippen molar-refractivity contribution in [2.24, 2.45) is 10.2 Å². The second-order valence-corrected chi connectivity index (χ2v) is 7.64. The summed E-state index contributed by atoms with van der Waals surface area (Å²) in [6.07, 6.45) is 0. The monoisotopic (exact) mass is 468 g/mol. The third kappa shape index (κ3) is 4.93. The zero-order valence-corrected chi connectivity index (χ0v) is 18.7. The molecule has 166 valence electrons. The number of phenols is 1. The number of benzene rings is 3. The van der Waals surface area contributed by atoms with Crippen molar-refractivity contribution >= 4 is 28.9 Å². The number of halogens is 1. The van der Waals surface area contributed by atoms with E-state index in [0.29, 0.717) is 33.2 Å². The summed E-state index contributed by atoms with van der Waals surface area (Å²) in [5.41, 5.74) is 2.77. The van der Waals surface area contributed by atoms with Gasteiger partial charge in [0.1, 0.15) is 28.8 Å². The maximum Gasteiger partial charge on any atom is 0.344 e. The number of ether oxygens (including phenoxy) is 1. The zero-order chi connectivity index (χ0) is 24.1. The molecule has 7 nitrogen and oxygen atoms in total. The number of phenolic OH excluding ortho intramolecular Hbond substituents is 1. The standard InChI is InChI=1S/C26H17ClN4O3/c1-16-22(15-28)25(34-26(33)18-7-9-19(27)10-8-18)29-24(17-5-3-2-4-6-17)23(16)31-30-20-11-13-21(32)14-12-20/h2-14,32H,1H3. The molecule has 1 heterocycles. The van der Waals surface area contributed by atoms with Crippen LogP contribution in [0.1, 0.15) is 21.5 Å². The van der Waals surface area contributed by atoms with Crippen molar-refractivity contribution in [1.29, 1.82) is 5.26 Å². The van der Waals surface area contributed by atoms with Gasteiger partial charge in [0.05, 0.1) is 11.3 Å². The summed E-state index contributed by atoms with van der Waals surface area (Å²) in [6, 6.07) is 23.7. The van der Waals surface area contributed by atoms with E-state index in [0.717, 1.165) is 0 Å². The van der Waals surface area contributed by atoms with E-state index in [1.165, 1.54) is 24.3 Å². The molecular formula is C26H17ClN4O3. The Morgan fingerprint density at radius 2 is 1.68 bits per heavy atom. The maximum atomic E-state index is 12.7. The molecular weight excluding hydrogens is 452 g/mol. The third-order valence-corrected chi connectivity index (χ3v) is 5.18. The molecule has 0 unspecified atom stereocenters. The van der Waals surface area contributed by atoms with E-state index in [1.807, 2.05) is 30.3 Å². The van der Waals surface area contributed by atoms with Crippen molar-refractivity contribution in [3.63, 3.8) is 0 Å². The Bertz CT molecular complexity index is 1410. The van der Waals surface area contributed by atoms with Gasteiger partial charge in [-0.1, -0.05) is 41.9 Å². The first-order valence-electron chi connectivity index (χ1n) is 10.1. The minimum absolute atomic E-state index is 0.0710. The highest BCUT2D eigenvalue weighted by Crippen LogP contribution is 2.38.